The number of methoxy groups -OCH3 is 1. The average molecular weight is 443 g/mol. The zero-order valence-electron chi connectivity index (χ0n) is 19.0. The first-order valence-electron chi connectivity index (χ1n) is 12.3. The van der Waals surface area contributed by atoms with Gasteiger partial charge in [0.05, 0.1) is 18.3 Å². The van der Waals surface area contributed by atoms with Gasteiger partial charge in [-0.05, 0) is 44.9 Å². The van der Waals surface area contributed by atoms with Crippen LogP contribution in [0.1, 0.15) is 74.4 Å². The third-order valence-electron chi connectivity index (χ3n) is 8.05. The van der Waals surface area contributed by atoms with Crippen LogP contribution in [0.5, 0.6) is 0 Å². The second-order valence-corrected chi connectivity index (χ2v) is 10.0. The van der Waals surface area contributed by atoms with Crippen molar-refractivity contribution in [3.63, 3.8) is 0 Å². The molecule has 2 aliphatic carbocycles. The number of aromatic amines is 1. The van der Waals surface area contributed by atoms with Gasteiger partial charge < -0.3 is 19.5 Å². The lowest BCUT2D eigenvalue weighted by Gasteiger charge is -2.34. The molecule has 3 atom stereocenters. The SMILES string of the molecule is COC1CCCC(C(=O)N2CCC(c3nc4c(c(=O)[nH]3)CCN(C(=O)C3CCC3)C4)C2)C1. The van der Waals surface area contributed by atoms with Gasteiger partial charge in [0.15, 0.2) is 0 Å². The summed E-state index contributed by atoms with van der Waals surface area (Å²) in [6.45, 7) is 2.32. The fourth-order valence-electron chi connectivity index (χ4n) is 5.78. The Morgan fingerprint density at radius 3 is 2.50 bits per heavy atom. The maximum absolute atomic E-state index is 13.1. The van der Waals surface area contributed by atoms with Crippen molar-refractivity contribution in [2.45, 2.75) is 76.4 Å². The number of amides is 2. The molecular formula is C24H34N4O4. The molecule has 3 unspecified atom stereocenters. The van der Waals surface area contributed by atoms with Crippen molar-refractivity contribution in [1.82, 2.24) is 19.8 Å². The minimum atomic E-state index is -0.0827. The molecular weight excluding hydrogens is 408 g/mol. The molecule has 8 nitrogen and oxygen atoms in total. The van der Waals surface area contributed by atoms with Gasteiger partial charge in [0.1, 0.15) is 5.82 Å². The highest BCUT2D eigenvalue weighted by molar-refractivity contribution is 5.80. The number of likely N-dealkylation sites (tertiary alicyclic amines) is 1. The molecule has 1 aromatic rings. The summed E-state index contributed by atoms with van der Waals surface area (Å²) >= 11 is 0. The zero-order valence-corrected chi connectivity index (χ0v) is 19.0. The van der Waals surface area contributed by atoms with Crippen molar-refractivity contribution in [2.75, 3.05) is 26.7 Å². The molecule has 2 aliphatic heterocycles. The molecule has 1 N–H and O–H groups in total. The molecule has 1 aromatic heterocycles. The first-order valence-corrected chi connectivity index (χ1v) is 12.3. The summed E-state index contributed by atoms with van der Waals surface area (Å²) in [5.41, 5.74) is 1.37. The lowest BCUT2D eigenvalue weighted by molar-refractivity contribution is -0.139. The van der Waals surface area contributed by atoms with Crippen LogP contribution in [-0.4, -0.2) is 64.4 Å². The summed E-state index contributed by atoms with van der Waals surface area (Å²) in [5, 5.41) is 0. The summed E-state index contributed by atoms with van der Waals surface area (Å²) in [5.74, 6) is 1.33. The number of aromatic nitrogens is 2. The molecule has 3 fully saturated rings. The van der Waals surface area contributed by atoms with E-state index in [1.807, 2.05) is 9.80 Å². The summed E-state index contributed by atoms with van der Waals surface area (Å²) in [6, 6.07) is 0. The van der Waals surface area contributed by atoms with Crippen LogP contribution in [0.25, 0.3) is 0 Å². The number of nitrogens with one attached hydrogen (secondary N) is 1. The summed E-state index contributed by atoms with van der Waals surface area (Å²) in [6.07, 6.45) is 8.43. The Kier molecular flexibility index (Phi) is 6.05. The van der Waals surface area contributed by atoms with Crippen molar-refractivity contribution >= 4 is 11.8 Å². The van der Waals surface area contributed by atoms with E-state index in [-0.39, 0.29) is 41.2 Å². The monoisotopic (exact) mass is 442 g/mol. The van der Waals surface area contributed by atoms with Crippen LogP contribution in [0.3, 0.4) is 0 Å². The molecule has 0 radical (unpaired) electrons. The Morgan fingerprint density at radius 1 is 1.00 bits per heavy atom. The second kappa shape index (κ2) is 8.96. The molecule has 2 saturated carbocycles. The Morgan fingerprint density at radius 2 is 1.75 bits per heavy atom. The molecule has 0 spiro atoms. The quantitative estimate of drug-likeness (QED) is 0.769. The predicted octanol–water partition coefficient (Wildman–Crippen LogP) is 1.98. The lowest BCUT2D eigenvalue weighted by Crippen LogP contribution is -2.43. The maximum Gasteiger partial charge on any atom is 0.254 e. The van der Waals surface area contributed by atoms with E-state index in [0.29, 0.717) is 44.0 Å². The molecule has 174 valence electrons. The fraction of sp³-hybridized carbons (Fsp3) is 0.750. The number of nitrogens with zero attached hydrogens (tertiary/aromatic N) is 3. The number of hydrogen-bond acceptors (Lipinski definition) is 5. The maximum atomic E-state index is 13.1. The highest BCUT2D eigenvalue weighted by atomic mass is 16.5. The van der Waals surface area contributed by atoms with Crippen LogP contribution in [-0.2, 0) is 27.3 Å². The topological polar surface area (TPSA) is 95.6 Å². The number of rotatable bonds is 4. The van der Waals surface area contributed by atoms with Crippen LogP contribution in [0.2, 0.25) is 0 Å². The molecule has 0 aromatic carbocycles. The molecule has 1 saturated heterocycles. The normalized spacial score (nSPS) is 28.3. The number of fused-ring (bicyclic) bond motifs is 1. The van der Waals surface area contributed by atoms with Gasteiger partial charge >= 0.3 is 0 Å². The van der Waals surface area contributed by atoms with Gasteiger partial charge in [-0.15, -0.1) is 0 Å². The Hall–Kier alpha value is -2.22. The van der Waals surface area contributed by atoms with Crippen molar-refractivity contribution in [1.29, 1.82) is 0 Å². The minimum Gasteiger partial charge on any atom is -0.381 e. The van der Waals surface area contributed by atoms with Crippen LogP contribution in [0.4, 0.5) is 0 Å². The van der Waals surface area contributed by atoms with Crippen molar-refractivity contribution < 1.29 is 14.3 Å². The van der Waals surface area contributed by atoms with E-state index >= 15 is 0 Å². The minimum absolute atomic E-state index is 0.0362. The van der Waals surface area contributed by atoms with Crippen molar-refractivity contribution in [3.05, 3.63) is 27.4 Å². The lowest BCUT2D eigenvalue weighted by atomic mass is 9.84. The number of hydrogen-bond donors (Lipinski definition) is 1. The van der Waals surface area contributed by atoms with Gasteiger partial charge in [0.2, 0.25) is 11.8 Å². The van der Waals surface area contributed by atoms with E-state index in [1.54, 1.807) is 7.11 Å². The molecule has 8 heteroatoms. The first-order chi connectivity index (χ1) is 15.5. The van der Waals surface area contributed by atoms with Crippen molar-refractivity contribution in [3.8, 4) is 0 Å². The van der Waals surface area contributed by atoms with Gasteiger partial charge in [0, 0.05) is 50.1 Å². The van der Waals surface area contributed by atoms with E-state index in [2.05, 4.69) is 4.98 Å². The first kappa shape index (κ1) is 21.6. The number of ether oxygens (including phenoxy) is 1. The van der Waals surface area contributed by atoms with Gasteiger partial charge in [-0.3, -0.25) is 14.4 Å². The van der Waals surface area contributed by atoms with E-state index in [0.717, 1.165) is 57.1 Å². The summed E-state index contributed by atoms with van der Waals surface area (Å²) < 4.78 is 5.49. The largest absolute Gasteiger partial charge is 0.381 e. The van der Waals surface area contributed by atoms with Crippen LogP contribution < -0.4 is 5.56 Å². The molecule has 32 heavy (non-hydrogen) atoms. The third-order valence-corrected chi connectivity index (χ3v) is 8.05. The van der Waals surface area contributed by atoms with Gasteiger partial charge in [0.25, 0.3) is 5.56 Å². The van der Waals surface area contributed by atoms with E-state index in [9.17, 15) is 14.4 Å². The number of H-pyrrole nitrogens is 1. The zero-order chi connectivity index (χ0) is 22.2. The Labute approximate surface area is 188 Å². The molecule has 3 heterocycles. The smallest absolute Gasteiger partial charge is 0.254 e. The number of carbonyl (C=O) groups is 2. The third kappa shape index (κ3) is 4.09. The van der Waals surface area contributed by atoms with Gasteiger partial charge in [-0.25, -0.2) is 4.98 Å². The Balaban J connectivity index is 1.27. The standard InChI is InChI=1S/C24H34N4O4/c1-32-18-7-3-6-16(12-18)24(31)27-10-8-17(13-27)21-25-20-14-28(23(30)15-4-2-5-15)11-9-19(20)22(29)26-21/h15-18H,2-14H2,1H3,(H,25,26,29). The van der Waals surface area contributed by atoms with Crippen molar-refractivity contribution in [2.24, 2.45) is 11.8 Å². The molecule has 4 aliphatic rings. The van der Waals surface area contributed by atoms with Crippen LogP contribution >= 0.6 is 0 Å². The van der Waals surface area contributed by atoms with E-state index in [1.165, 1.54) is 0 Å². The highest BCUT2D eigenvalue weighted by Gasteiger charge is 2.36. The van der Waals surface area contributed by atoms with Crippen LogP contribution in [0, 0.1) is 11.8 Å². The molecule has 0 bridgehead atoms. The van der Waals surface area contributed by atoms with Crippen LogP contribution in [0.15, 0.2) is 4.79 Å². The van der Waals surface area contributed by atoms with E-state index in [4.69, 9.17) is 9.72 Å². The predicted molar refractivity (Wildman–Crippen MR) is 118 cm³/mol. The van der Waals surface area contributed by atoms with E-state index < -0.39 is 0 Å². The summed E-state index contributed by atoms with van der Waals surface area (Å²) in [4.78, 5) is 50.2. The van der Waals surface area contributed by atoms with Gasteiger partial charge in [-0.2, -0.15) is 0 Å². The average Bonchev–Trinajstić information content (AvgIpc) is 3.27. The fourth-order valence-corrected chi connectivity index (χ4v) is 5.78. The highest BCUT2D eigenvalue weighted by Crippen LogP contribution is 2.32. The number of carbonyl (C=O) groups excluding carboxylic acids is 2. The molecule has 5 rings (SSSR count). The van der Waals surface area contributed by atoms with Gasteiger partial charge in [-0.1, -0.05) is 12.8 Å². The second-order valence-electron chi connectivity index (χ2n) is 10.0. The Bertz CT molecular complexity index is 940. The summed E-state index contributed by atoms with van der Waals surface area (Å²) in [7, 11) is 1.72. The molecule has 2 amide bonds.